The SMILES string of the molecule is [B]C(O)(C/C(N)=N/O)c1ccc(Cl)cc1. The Hall–Kier alpha value is -1.20. The van der Waals surface area contributed by atoms with E-state index < -0.39 is 5.50 Å². The second kappa shape index (κ2) is 4.55. The highest BCUT2D eigenvalue weighted by Gasteiger charge is 2.23. The largest absolute Gasteiger partial charge is 0.409 e. The number of nitrogens with two attached hydrogens (primary N) is 1. The van der Waals surface area contributed by atoms with Crippen molar-refractivity contribution in [2.24, 2.45) is 10.9 Å². The lowest BCUT2D eigenvalue weighted by Gasteiger charge is -2.23. The summed E-state index contributed by atoms with van der Waals surface area (Å²) >= 11 is 5.68. The van der Waals surface area contributed by atoms with Gasteiger partial charge >= 0.3 is 0 Å². The molecule has 0 heterocycles. The van der Waals surface area contributed by atoms with Gasteiger partial charge in [-0.2, -0.15) is 0 Å². The highest BCUT2D eigenvalue weighted by atomic mass is 35.5. The van der Waals surface area contributed by atoms with Gasteiger partial charge in [0.1, 0.15) is 13.7 Å². The van der Waals surface area contributed by atoms with E-state index in [0.717, 1.165) is 0 Å². The highest BCUT2D eigenvalue weighted by molar-refractivity contribution is 6.30. The van der Waals surface area contributed by atoms with Crippen molar-refractivity contribution in [1.82, 2.24) is 0 Å². The molecule has 1 aromatic carbocycles. The van der Waals surface area contributed by atoms with E-state index in [4.69, 9.17) is 30.4 Å². The van der Waals surface area contributed by atoms with Crippen LogP contribution in [0.25, 0.3) is 0 Å². The monoisotopic (exact) mass is 224 g/mol. The maximum atomic E-state index is 9.84. The van der Waals surface area contributed by atoms with Crippen LogP contribution in [0.2, 0.25) is 5.02 Å². The number of benzene rings is 1. The topological polar surface area (TPSA) is 78.8 Å². The summed E-state index contributed by atoms with van der Waals surface area (Å²) in [6.45, 7) is 0. The second-order valence-corrected chi connectivity index (χ2v) is 3.64. The van der Waals surface area contributed by atoms with Crippen molar-refractivity contribution in [2.45, 2.75) is 11.9 Å². The molecule has 0 aliphatic heterocycles. The van der Waals surface area contributed by atoms with Crippen LogP contribution in [-0.2, 0) is 5.50 Å². The van der Waals surface area contributed by atoms with Gasteiger partial charge < -0.3 is 16.0 Å². The Bertz CT molecular complexity index is 365. The Balaban J connectivity index is 2.90. The van der Waals surface area contributed by atoms with Gasteiger partial charge in [0.25, 0.3) is 0 Å². The quantitative estimate of drug-likeness (QED) is 0.233. The molecule has 0 bridgehead atoms. The molecular weight excluding hydrogens is 214 g/mol. The first-order valence-corrected chi connectivity index (χ1v) is 4.57. The summed E-state index contributed by atoms with van der Waals surface area (Å²) in [5.74, 6) is -0.144. The van der Waals surface area contributed by atoms with E-state index in [1.54, 1.807) is 24.3 Å². The summed E-state index contributed by atoms with van der Waals surface area (Å²) < 4.78 is 0. The van der Waals surface area contributed by atoms with E-state index in [2.05, 4.69) is 5.16 Å². The van der Waals surface area contributed by atoms with Gasteiger partial charge in [0.2, 0.25) is 0 Å². The number of hydrogen-bond acceptors (Lipinski definition) is 3. The molecule has 0 saturated carbocycles. The van der Waals surface area contributed by atoms with Crippen LogP contribution in [0.3, 0.4) is 0 Å². The van der Waals surface area contributed by atoms with Crippen molar-refractivity contribution in [2.75, 3.05) is 0 Å². The minimum Gasteiger partial charge on any atom is -0.409 e. The van der Waals surface area contributed by atoms with E-state index in [9.17, 15) is 5.11 Å². The van der Waals surface area contributed by atoms with E-state index in [-0.39, 0.29) is 12.3 Å². The molecule has 0 aliphatic carbocycles. The van der Waals surface area contributed by atoms with Crippen molar-refractivity contribution >= 4 is 25.3 Å². The van der Waals surface area contributed by atoms with Gasteiger partial charge in [-0.3, -0.25) is 0 Å². The van der Waals surface area contributed by atoms with Crippen molar-refractivity contribution in [1.29, 1.82) is 0 Å². The summed E-state index contributed by atoms with van der Waals surface area (Å²) in [5, 5.41) is 21.5. The smallest absolute Gasteiger partial charge is 0.141 e. The van der Waals surface area contributed by atoms with E-state index in [0.29, 0.717) is 10.6 Å². The Morgan fingerprint density at radius 3 is 2.47 bits per heavy atom. The van der Waals surface area contributed by atoms with Crippen LogP contribution < -0.4 is 5.73 Å². The number of rotatable bonds is 3. The molecule has 0 fully saturated rings. The van der Waals surface area contributed by atoms with Crippen LogP contribution in [0.1, 0.15) is 12.0 Å². The number of halogens is 1. The highest BCUT2D eigenvalue weighted by Crippen LogP contribution is 2.22. The summed E-state index contributed by atoms with van der Waals surface area (Å²) in [6.07, 6.45) is -0.162. The Morgan fingerprint density at radius 1 is 1.47 bits per heavy atom. The third kappa shape index (κ3) is 3.14. The molecule has 0 amide bonds. The molecule has 4 nitrogen and oxygen atoms in total. The van der Waals surface area contributed by atoms with Crippen LogP contribution >= 0.6 is 11.6 Å². The molecule has 1 atom stereocenters. The molecule has 1 rings (SSSR count). The molecule has 6 heteroatoms. The van der Waals surface area contributed by atoms with Gasteiger partial charge in [-0.15, -0.1) is 0 Å². The minimum atomic E-state index is -1.67. The predicted octanol–water partition coefficient (Wildman–Crippen LogP) is 0.790. The fourth-order valence-corrected chi connectivity index (χ4v) is 1.28. The third-order valence-electron chi connectivity index (χ3n) is 1.92. The van der Waals surface area contributed by atoms with Crippen molar-refractivity contribution < 1.29 is 10.3 Å². The zero-order chi connectivity index (χ0) is 11.5. The summed E-state index contributed by atoms with van der Waals surface area (Å²) in [7, 11) is 5.61. The molecule has 0 spiro atoms. The van der Waals surface area contributed by atoms with E-state index in [1.807, 2.05) is 0 Å². The van der Waals surface area contributed by atoms with Crippen molar-refractivity contribution in [3.63, 3.8) is 0 Å². The van der Waals surface area contributed by atoms with Gasteiger partial charge in [-0.25, -0.2) is 0 Å². The van der Waals surface area contributed by atoms with E-state index in [1.165, 1.54) is 0 Å². The zero-order valence-corrected chi connectivity index (χ0v) is 8.65. The molecule has 0 aliphatic rings. The number of oxime groups is 1. The van der Waals surface area contributed by atoms with Crippen LogP contribution in [0.4, 0.5) is 0 Å². The fourth-order valence-electron chi connectivity index (χ4n) is 1.15. The standard InChI is InChI=1S/C9H10BClN2O2/c10-9(14,5-8(12)13-15)6-1-3-7(11)4-2-6/h1-4,14-15H,5H2,(H2,12,13). The number of nitrogens with zero attached hydrogens (tertiary/aromatic N) is 1. The summed E-state index contributed by atoms with van der Waals surface area (Å²) in [6, 6.07) is 6.35. The molecule has 15 heavy (non-hydrogen) atoms. The van der Waals surface area contributed by atoms with Crippen LogP contribution in [0.15, 0.2) is 29.4 Å². The lowest BCUT2D eigenvalue weighted by Crippen LogP contribution is -2.32. The minimum absolute atomic E-state index is 0.144. The van der Waals surface area contributed by atoms with Crippen LogP contribution in [0.5, 0.6) is 0 Å². The first-order valence-electron chi connectivity index (χ1n) is 4.19. The lowest BCUT2D eigenvalue weighted by molar-refractivity contribution is 0.134. The first kappa shape index (κ1) is 11.9. The number of amidine groups is 1. The average molecular weight is 224 g/mol. The van der Waals surface area contributed by atoms with E-state index >= 15 is 0 Å². The number of aliphatic hydroxyl groups is 1. The molecule has 1 unspecified atom stereocenters. The van der Waals surface area contributed by atoms with Crippen LogP contribution in [-0.4, -0.2) is 24.0 Å². The first-order chi connectivity index (χ1) is 6.95. The normalized spacial score (nSPS) is 16.0. The summed E-state index contributed by atoms with van der Waals surface area (Å²) in [4.78, 5) is 0. The molecule has 4 N–H and O–H groups in total. The molecule has 0 aromatic heterocycles. The zero-order valence-electron chi connectivity index (χ0n) is 7.89. The second-order valence-electron chi connectivity index (χ2n) is 3.20. The van der Waals surface area contributed by atoms with Gasteiger partial charge in [0, 0.05) is 11.4 Å². The third-order valence-corrected chi connectivity index (χ3v) is 2.18. The van der Waals surface area contributed by atoms with Crippen molar-refractivity contribution in [3.8, 4) is 0 Å². The summed E-state index contributed by atoms with van der Waals surface area (Å²) in [5.41, 5.74) is 4.04. The Morgan fingerprint density at radius 2 is 2.00 bits per heavy atom. The van der Waals surface area contributed by atoms with Crippen molar-refractivity contribution in [3.05, 3.63) is 34.9 Å². The predicted molar refractivity (Wildman–Crippen MR) is 59.1 cm³/mol. The van der Waals surface area contributed by atoms with Gasteiger partial charge in [-0.05, 0) is 17.7 Å². The molecule has 2 radical (unpaired) electrons. The molecule has 1 aromatic rings. The fraction of sp³-hybridized carbons (Fsp3) is 0.222. The lowest BCUT2D eigenvalue weighted by atomic mass is 9.73. The molecule has 0 saturated heterocycles. The maximum absolute atomic E-state index is 9.84. The van der Waals surface area contributed by atoms with Crippen LogP contribution in [0, 0.1) is 0 Å². The Labute approximate surface area is 93.8 Å². The number of hydrogen-bond donors (Lipinski definition) is 3. The molecule has 78 valence electrons. The Kier molecular flexibility index (Phi) is 3.60. The van der Waals surface area contributed by atoms with Gasteiger partial charge in [0.15, 0.2) is 0 Å². The van der Waals surface area contributed by atoms with Gasteiger partial charge in [-0.1, -0.05) is 28.9 Å². The maximum Gasteiger partial charge on any atom is 0.141 e. The average Bonchev–Trinajstić information content (AvgIpc) is 2.17. The van der Waals surface area contributed by atoms with Gasteiger partial charge in [0.05, 0.1) is 5.50 Å². The molecular formula is C9H10BClN2O2.